The van der Waals surface area contributed by atoms with Gasteiger partial charge in [-0.2, -0.15) is 0 Å². The summed E-state index contributed by atoms with van der Waals surface area (Å²) in [5.74, 6) is -1.47. The predicted molar refractivity (Wildman–Crippen MR) is 79.2 cm³/mol. The number of nitrogens with one attached hydrogen (secondary N) is 1. The van der Waals surface area contributed by atoms with Crippen molar-refractivity contribution in [3.8, 4) is 0 Å². The van der Waals surface area contributed by atoms with Gasteiger partial charge in [0.25, 0.3) is 0 Å². The van der Waals surface area contributed by atoms with E-state index in [0.29, 0.717) is 11.4 Å². The number of benzene rings is 2. The molecular formula is C16H13ClFNO2. The number of rotatable bonds is 3. The van der Waals surface area contributed by atoms with Crippen LogP contribution in [-0.4, -0.2) is 16.6 Å². The molecule has 2 aromatic rings. The Morgan fingerprint density at radius 3 is 2.62 bits per heavy atom. The van der Waals surface area contributed by atoms with Crippen LogP contribution in [0.3, 0.4) is 0 Å². The van der Waals surface area contributed by atoms with Crippen LogP contribution in [0, 0.1) is 5.82 Å². The van der Waals surface area contributed by atoms with E-state index in [4.69, 9.17) is 11.6 Å². The van der Waals surface area contributed by atoms with Crippen LogP contribution in [0.1, 0.15) is 11.1 Å². The van der Waals surface area contributed by atoms with E-state index in [2.05, 4.69) is 5.32 Å². The molecule has 0 saturated heterocycles. The zero-order chi connectivity index (χ0) is 15.0. The Balaban J connectivity index is 1.97. The van der Waals surface area contributed by atoms with E-state index in [-0.39, 0.29) is 12.1 Å². The molecule has 5 heteroatoms. The van der Waals surface area contributed by atoms with Crippen molar-refractivity contribution in [1.29, 1.82) is 0 Å². The zero-order valence-electron chi connectivity index (χ0n) is 11.1. The summed E-state index contributed by atoms with van der Waals surface area (Å²) in [7, 11) is 0. The van der Waals surface area contributed by atoms with Gasteiger partial charge in [0.15, 0.2) is 0 Å². The summed E-state index contributed by atoms with van der Waals surface area (Å²) < 4.78 is 13.8. The maximum atomic E-state index is 13.8. The van der Waals surface area contributed by atoms with Gasteiger partial charge in [-0.25, -0.2) is 9.18 Å². The third kappa shape index (κ3) is 2.47. The number of carboxylic acids is 1. The number of para-hydroxylation sites is 1. The SMILES string of the molecule is O=C(O)C1(Nc2ccccc2F)Cc2ccc(Cl)cc2C1. The molecule has 21 heavy (non-hydrogen) atoms. The van der Waals surface area contributed by atoms with Gasteiger partial charge in [-0.05, 0) is 35.4 Å². The van der Waals surface area contributed by atoms with Crippen LogP contribution in [0.5, 0.6) is 0 Å². The summed E-state index contributed by atoms with van der Waals surface area (Å²) in [6.45, 7) is 0. The molecule has 0 heterocycles. The number of hydrogen-bond donors (Lipinski definition) is 2. The molecule has 2 N–H and O–H groups in total. The van der Waals surface area contributed by atoms with Crippen LogP contribution < -0.4 is 5.32 Å². The van der Waals surface area contributed by atoms with Crippen molar-refractivity contribution in [3.05, 3.63) is 64.4 Å². The topological polar surface area (TPSA) is 49.3 Å². The average molecular weight is 306 g/mol. The van der Waals surface area contributed by atoms with Crippen molar-refractivity contribution in [2.45, 2.75) is 18.4 Å². The molecule has 0 aliphatic heterocycles. The van der Waals surface area contributed by atoms with Gasteiger partial charge >= 0.3 is 5.97 Å². The van der Waals surface area contributed by atoms with E-state index < -0.39 is 17.3 Å². The summed E-state index contributed by atoms with van der Waals surface area (Å²) in [6, 6.07) is 11.4. The second kappa shape index (κ2) is 5.04. The van der Waals surface area contributed by atoms with E-state index in [0.717, 1.165) is 11.1 Å². The van der Waals surface area contributed by atoms with Crippen LogP contribution in [0.4, 0.5) is 10.1 Å². The van der Waals surface area contributed by atoms with E-state index in [9.17, 15) is 14.3 Å². The average Bonchev–Trinajstić information content (AvgIpc) is 2.80. The van der Waals surface area contributed by atoms with Gasteiger partial charge in [0.05, 0.1) is 5.69 Å². The van der Waals surface area contributed by atoms with E-state index >= 15 is 0 Å². The highest BCUT2D eigenvalue weighted by molar-refractivity contribution is 6.30. The fraction of sp³-hybridized carbons (Fsp3) is 0.188. The van der Waals surface area contributed by atoms with Crippen LogP contribution in [0.2, 0.25) is 5.02 Å². The summed E-state index contributed by atoms with van der Waals surface area (Å²) in [5.41, 5.74) is 0.757. The maximum Gasteiger partial charge on any atom is 0.330 e. The molecule has 3 nitrogen and oxygen atoms in total. The van der Waals surface area contributed by atoms with Gasteiger partial charge in [-0.15, -0.1) is 0 Å². The number of carboxylic acid groups (broad SMARTS) is 1. The molecule has 0 amide bonds. The molecule has 2 aromatic carbocycles. The summed E-state index contributed by atoms with van der Waals surface area (Å²) in [6.07, 6.45) is 0.565. The van der Waals surface area contributed by atoms with Gasteiger partial charge in [0.2, 0.25) is 0 Å². The first-order valence-electron chi connectivity index (χ1n) is 6.54. The molecule has 0 fully saturated rings. The first-order chi connectivity index (χ1) is 10.00. The smallest absolute Gasteiger partial charge is 0.330 e. The van der Waals surface area contributed by atoms with Gasteiger partial charge in [-0.3, -0.25) is 0 Å². The van der Waals surface area contributed by atoms with Gasteiger partial charge in [-0.1, -0.05) is 29.8 Å². The lowest BCUT2D eigenvalue weighted by Crippen LogP contribution is -2.47. The number of halogens is 2. The molecule has 0 radical (unpaired) electrons. The number of fused-ring (bicyclic) bond motifs is 1. The number of carbonyl (C=O) groups is 1. The molecule has 1 atom stereocenters. The monoisotopic (exact) mass is 305 g/mol. The van der Waals surface area contributed by atoms with Crippen molar-refractivity contribution >= 4 is 23.3 Å². The number of aliphatic carboxylic acids is 1. The van der Waals surface area contributed by atoms with Crippen molar-refractivity contribution in [2.75, 3.05) is 5.32 Å². The zero-order valence-corrected chi connectivity index (χ0v) is 11.8. The second-order valence-electron chi connectivity index (χ2n) is 5.26. The minimum atomic E-state index is -1.24. The fourth-order valence-electron chi connectivity index (χ4n) is 2.76. The number of anilines is 1. The molecular weight excluding hydrogens is 293 g/mol. The van der Waals surface area contributed by atoms with Crippen LogP contribution in [0.15, 0.2) is 42.5 Å². The lowest BCUT2D eigenvalue weighted by Gasteiger charge is -2.27. The maximum absolute atomic E-state index is 13.8. The molecule has 108 valence electrons. The third-order valence-corrected chi connectivity index (χ3v) is 4.05. The molecule has 0 spiro atoms. The quantitative estimate of drug-likeness (QED) is 0.912. The first-order valence-corrected chi connectivity index (χ1v) is 6.91. The highest BCUT2D eigenvalue weighted by Gasteiger charge is 2.44. The molecule has 0 saturated carbocycles. The Morgan fingerprint density at radius 1 is 1.19 bits per heavy atom. The molecule has 0 bridgehead atoms. The Labute approximate surface area is 126 Å². The third-order valence-electron chi connectivity index (χ3n) is 3.81. The Bertz CT molecular complexity index is 719. The predicted octanol–water partition coefficient (Wildman–Crippen LogP) is 3.51. The lowest BCUT2D eigenvalue weighted by molar-refractivity contribution is -0.142. The minimum absolute atomic E-state index is 0.193. The van der Waals surface area contributed by atoms with Gasteiger partial charge in [0.1, 0.15) is 11.4 Å². The molecule has 3 rings (SSSR count). The summed E-state index contributed by atoms with van der Waals surface area (Å²) in [4.78, 5) is 11.8. The largest absolute Gasteiger partial charge is 0.479 e. The van der Waals surface area contributed by atoms with Crippen LogP contribution in [-0.2, 0) is 17.6 Å². The van der Waals surface area contributed by atoms with Gasteiger partial charge in [0, 0.05) is 17.9 Å². The lowest BCUT2D eigenvalue weighted by atomic mass is 9.95. The van der Waals surface area contributed by atoms with Gasteiger partial charge < -0.3 is 10.4 Å². The van der Waals surface area contributed by atoms with Crippen molar-refractivity contribution in [3.63, 3.8) is 0 Å². The van der Waals surface area contributed by atoms with Crippen molar-refractivity contribution in [2.24, 2.45) is 0 Å². The molecule has 0 aromatic heterocycles. The molecule has 1 aliphatic rings. The van der Waals surface area contributed by atoms with Crippen molar-refractivity contribution < 1.29 is 14.3 Å². The number of hydrogen-bond acceptors (Lipinski definition) is 2. The molecule has 1 unspecified atom stereocenters. The Hall–Kier alpha value is -2.07. The first kappa shape index (κ1) is 13.9. The molecule has 1 aliphatic carbocycles. The second-order valence-corrected chi connectivity index (χ2v) is 5.70. The summed E-state index contributed by atoms with van der Waals surface area (Å²) in [5, 5.41) is 13.1. The Kier molecular flexibility index (Phi) is 3.33. The van der Waals surface area contributed by atoms with Crippen molar-refractivity contribution in [1.82, 2.24) is 0 Å². The van der Waals surface area contributed by atoms with E-state index in [1.807, 2.05) is 6.07 Å². The van der Waals surface area contributed by atoms with Crippen LogP contribution >= 0.6 is 11.6 Å². The highest BCUT2D eigenvalue weighted by atomic mass is 35.5. The highest BCUT2D eigenvalue weighted by Crippen LogP contribution is 2.35. The fourth-order valence-corrected chi connectivity index (χ4v) is 2.95. The summed E-state index contributed by atoms with van der Waals surface area (Å²) >= 11 is 5.95. The van der Waals surface area contributed by atoms with Crippen LogP contribution in [0.25, 0.3) is 0 Å². The van der Waals surface area contributed by atoms with E-state index in [1.165, 1.54) is 12.1 Å². The Morgan fingerprint density at radius 2 is 1.90 bits per heavy atom. The normalized spacial score (nSPS) is 20.1. The standard InChI is InChI=1S/C16H13ClFNO2/c17-12-6-5-10-8-16(15(20)21,9-11(10)7-12)19-14-4-2-1-3-13(14)18/h1-7,19H,8-9H2,(H,20,21). The van der Waals surface area contributed by atoms with E-state index in [1.54, 1.807) is 24.3 Å². The minimum Gasteiger partial charge on any atom is -0.479 e.